The fraction of sp³-hybridized carbons (Fsp3) is 0.526. The standard InChI is InChI=1S/C19H24N4O2S/c1-15-3-2-4-16(21-15)18(24)23-8-9-25-14-19(13-23)5-7-22(12-19)11-17-20-6-10-26-17/h2-4,6,10H,5,7-9,11-14H2,1H3/t19-/m0/s1. The van der Waals surface area contributed by atoms with Gasteiger partial charge in [-0.25, -0.2) is 9.97 Å². The summed E-state index contributed by atoms with van der Waals surface area (Å²) in [6, 6.07) is 5.61. The average Bonchev–Trinajstić information content (AvgIpc) is 3.22. The average molecular weight is 372 g/mol. The molecule has 2 aliphatic rings. The Bertz CT molecular complexity index is 767. The first-order valence-electron chi connectivity index (χ1n) is 9.05. The van der Waals surface area contributed by atoms with Crippen LogP contribution in [-0.2, 0) is 11.3 Å². The molecule has 2 aliphatic heterocycles. The Balaban J connectivity index is 1.46. The zero-order valence-electron chi connectivity index (χ0n) is 15.1. The second-order valence-corrected chi connectivity index (χ2v) is 8.31. The lowest BCUT2D eigenvalue weighted by Crippen LogP contribution is -2.43. The first-order valence-corrected chi connectivity index (χ1v) is 9.93. The highest BCUT2D eigenvalue weighted by Crippen LogP contribution is 2.34. The van der Waals surface area contributed by atoms with E-state index in [9.17, 15) is 4.79 Å². The normalized spacial score (nSPS) is 24.1. The lowest BCUT2D eigenvalue weighted by molar-refractivity contribution is 0.0640. The van der Waals surface area contributed by atoms with Gasteiger partial charge in [-0.1, -0.05) is 6.07 Å². The lowest BCUT2D eigenvalue weighted by atomic mass is 9.87. The molecule has 4 heterocycles. The smallest absolute Gasteiger partial charge is 0.272 e. The molecule has 7 heteroatoms. The highest BCUT2D eigenvalue weighted by molar-refractivity contribution is 7.09. The van der Waals surface area contributed by atoms with Crippen LogP contribution >= 0.6 is 11.3 Å². The molecule has 6 nitrogen and oxygen atoms in total. The van der Waals surface area contributed by atoms with E-state index in [0.29, 0.717) is 25.5 Å². The van der Waals surface area contributed by atoms with Crippen molar-refractivity contribution in [2.24, 2.45) is 5.41 Å². The Labute approximate surface area is 157 Å². The highest BCUT2D eigenvalue weighted by atomic mass is 32.1. The molecule has 0 N–H and O–H groups in total. The lowest BCUT2D eigenvalue weighted by Gasteiger charge is -2.31. The van der Waals surface area contributed by atoms with E-state index in [2.05, 4.69) is 14.9 Å². The number of rotatable bonds is 3. The summed E-state index contributed by atoms with van der Waals surface area (Å²) in [5.41, 5.74) is 1.40. The van der Waals surface area contributed by atoms with Crippen molar-refractivity contribution < 1.29 is 9.53 Å². The van der Waals surface area contributed by atoms with E-state index in [0.717, 1.165) is 43.3 Å². The van der Waals surface area contributed by atoms with Crippen LogP contribution in [0.15, 0.2) is 29.8 Å². The van der Waals surface area contributed by atoms with E-state index in [-0.39, 0.29) is 11.3 Å². The Morgan fingerprint density at radius 1 is 1.35 bits per heavy atom. The van der Waals surface area contributed by atoms with Crippen LogP contribution in [0.4, 0.5) is 0 Å². The summed E-state index contributed by atoms with van der Waals surface area (Å²) in [5, 5.41) is 3.17. The van der Waals surface area contributed by atoms with Crippen molar-refractivity contribution in [1.82, 2.24) is 19.8 Å². The fourth-order valence-corrected chi connectivity index (χ4v) is 4.58. The van der Waals surface area contributed by atoms with Crippen LogP contribution in [0.2, 0.25) is 0 Å². The quantitative estimate of drug-likeness (QED) is 0.827. The van der Waals surface area contributed by atoms with E-state index in [1.54, 1.807) is 17.4 Å². The van der Waals surface area contributed by atoms with Gasteiger partial charge >= 0.3 is 0 Å². The van der Waals surface area contributed by atoms with Gasteiger partial charge in [0.1, 0.15) is 10.7 Å². The topological polar surface area (TPSA) is 58.6 Å². The van der Waals surface area contributed by atoms with Crippen molar-refractivity contribution >= 4 is 17.2 Å². The Hall–Kier alpha value is -1.83. The monoisotopic (exact) mass is 372 g/mol. The van der Waals surface area contributed by atoms with E-state index >= 15 is 0 Å². The summed E-state index contributed by atoms with van der Waals surface area (Å²) in [6.45, 7) is 7.42. The maximum absolute atomic E-state index is 13.0. The van der Waals surface area contributed by atoms with Gasteiger partial charge < -0.3 is 9.64 Å². The number of nitrogens with zero attached hydrogens (tertiary/aromatic N) is 4. The van der Waals surface area contributed by atoms with Crippen LogP contribution in [0, 0.1) is 12.3 Å². The zero-order chi connectivity index (χ0) is 18.0. The number of likely N-dealkylation sites (tertiary alicyclic amines) is 1. The molecule has 0 aliphatic carbocycles. The number of carbonyl (C=O) groups excluding carboxylic acids is 1. The minimum Gasteiger partial charge on any atom is -0.379 e. The molecule has 1 spiro atoms. The SMILES string of the molecule is Cc1cccc(C(=O)N2CCOC[C@]3(CCN(Cc4nccs4)C3)C2)n1. The van der Waals surface area contributed by atoms with Gasteiger partial charge in [0.2, 0.25) is 0 Å². The van der Waals surface area contributed by atoms with Gasteiger partial charge in [0, 0.05) is 42.3 Å². The molecule has 0 aromatic carbocycles. The summed E-state index contributed by atoms with van der Waals surface area (Å²) in [6.07, 6.45) is 2.90. The number of aryl methyl sites for hydroxylation is 1. The molecule has 2 saturated heterocycles. The molecule has 26 heavy (non-hydrogen) atoms. The maximum Gasteiger partial charge on any atom is 0.272 e. The molecule has 1 amide bonds. The van der Waals surface area contributed by atoms with Gasteiger partial charge in [0.05, 0.1) is 19.8 Å². The van der Waals surface area contributed by atoms with Gasteiger partial charge in [0.25, 0.3) is 5.91 Å². The van der Waals surface area contributed by atoms with Crippen LogP contribution in [-0.4, -0.2) is 65.1 Å². The third-order valence-electron chi connectivity index (χ3n) is 5.19. The van der Waals surface area contributed by atoms with Gasteiger partial charge in [-0.15, -0.1) is 11.3 Å². The minimum absolute atomic E-state index is 0.00719. The molecule has 0 bridgehead atoms. The van der Waals surface area contributed by atoms with Crippen molar-refractivity contribution in [3.8, 4) is 0 Å². The summed E-state index contributed by atoms with van der Waals surface area (Å²) in [7, 11) is 0. The van der Waals surface area contributed by atoms with E-state index < -0.39 is 0 Å². The summed E-state index contributed by atoms with van der Waals surface area (Å²) in [5.74, 6) is 0.0111. The number of amides is 1. The maximum atomic E-state index is 13.0. The Morgan fingerprint density at radius 2 is 2.27 bits per heavy atom. The molecule has 138 valence electrons. The third-order valence-corrected chi connectivity index (χ3v) is 5.96. The van der Waals surface area contributed by atoms with Gasteiger partial charge in [0.15, 0.2) is 0 Å². The number of pyridine rings is 1. The number of aromatic nitrogens is 2. The second-order valence-electron chi connectivity index (χ2n) is 7.33. The first kappa shape index (κ1) is 17.6. The number of carbonyl (C=O) groups is 1. The van der Waals surface area contributed by atoms with Crippen LogP contribution in [0.25, 0.3) is 0 Å². The van der Waals surface area contributed by atoms with Crippen LogP contribution in [0.5, 0.6) is 0 Å². The van der Waals surface area contributed by atoms with Crippen molar-refractivity contribution in [1.29, 1.82) is 0 Å². The third kappa shape index (κ3) is 3.79. The predicted molar refractivity (Wildman–Crippen MR) is 100 cm³/mol. The van der Waals surface area contributed by atoms with Gasteiger partial charge in [-0.2, -0.15) is 0 Å². The minimum atomic E-state index is 0.00719. The number of hydrogen-bond donors (Lipinski definition) is 0. The number of hydrogen-bond acceptors (Lipinski definition) is 6. The van der Waals surface area contributed by atoms with Crippen molar-refractivity contribution in [3.63, 3.8) is 0 Å². The number of thiazole rings is 1. The van der Waals surface area contributed by atoms with E-state index in [1.807, 2.05) is 35.5 Å². The fourth-order valence-electron chi connectivity index (χ4n) is 3.92. The molecule has 0 unspecified atom stereocenters. The Morgan fingerprint density at radius 3 is 3.08 bits per heavy atom. The molecular weight excluding hydrogens is 348 g/mol. The molecule has 0 saturated carbocycles. The van der Waals surface area contributed by atoms with Gasteiger partial charge in [-0.3, -0.25) is 9.69 Å². The largest absolute Gasteiger partial charge is 0.379 e. The van der Waals surface area contributed by atoms with Crippen LogP contribution in [0.1, 0.15) is 27.6 Å². The summed E-state index contributed by atoms with van der Waals surface area (Å²) in [4.78, 5) is 26.1. The Kier molecular flexibility index (Phi) is 5.02. The summed E-state index contributed by atoms with van der Waals surface area (Å²) >= 11 is 1.70. The number of ether oxygens (including phenoxy) is 1. The molecular formula is C19H24N4O2S. The van der Waals surface area contributed by atoms with Crippen LogP contribution < -0.4 is 0 Å². The van der Waals surface area contributed by atoms with E-state index in [4.69, 9.17) is 4.74 Å². The van der Waals surface area contributed by atoms with E-state index in [1.165, 1.54) is 0 Å². The molecule has 4 rings (SSSR count). The molecule has 1 atom stereocenters. The predicted octanol–water partition coefficient (Wildman–Crippen LogP) is 2.21. The summed E-state index contributed by atoms with van der Waals surface area (Å²) < 4.78 is 5.90. The van der Waals surface area contributed by atoms with Crippen molar-refractivity contribution in [2.45, 2.75) is 19.9 Å². The molecule has 2 fully saturated rings. The van der Waals surface area contributed by atoms with Crippen LogP contribution in [0.3, 0.4) is 0 Å². The second kappa shape index (κ2) is 7.42. The molecule has 0 radical (unpaired) electrons. The van der Waals surface area contributed by atoms with Crippen molar-refractivity contribution in [3.05, 3.63) is 46.2 Å². The first-order chi connectivity index (χ1) is 12.6. The molecule has 2 aromatic heterocycles. The zero-order valence-corrected chi connectivity index (χ0v) is 15.9. The van der Waals surface area contributed by atoms with Gasteiger partial charge in [-0.05, 0) is 32.0 Å². The van der Waals surface area contributed by atoms with Crippen molar-refractivity contribution in [2.75, 3.05) is 39.4 Å². The molecule has 2 aromatic rings. The highest BCUT2D eigenvalue weighted by Gasteiger charge is 2.42.